The quantitative estimate of drug-likeness (QED) is 0.546. The van der Waals surface area contributed by atoms with Gasteiger partial charge < -0.3 is 9.80 Å². The van der Waals surface area contributed by atoms with E-state index in [4.69, 9.17) is 0 Å². The van der Waals surface area contributed by atoms with Crippen LogP contribution in [-0.2, 0) is 9.84 Å². The number of rotatable bonds is 5. The summed E-state index contributed by atoms with van der Waals surface area (Å²) in [4.78, 5) is 25.2. The summed E-state index contributed by atoms with van der Waals surface area (Å²) in [6.45, 7) is 1.70. The van der Waals surface area contributed by atoms with Crippen molar-refractivity contribution in [1.82, 2.24) is 0 Å². The Balaban J connectivity index is 1.84. The Hall–Kier alpha value is -3.21. The van der Waals surface area contributed by atoms with Gasteiger partial charge >= 0.3 is 0 Å². The number of sulfone groups is 1. The summed E-state index contributed by atoms with van der Waals surface area (Å²) in [6, 6.07) is 10.3. The van der Waals surface area contributed by atoms with E-state index in [0.717, 1.165) is 12.3 Å². The first-order valence-corrected chi connectivity index (χ1v) is 10.3. The van der Waals surface area contributed by atoms with Gasteiger partial charge in [0.1, 0.15) is 11.4 Å². The van der Waals surface area contributed by atoms with Gasteiger partial charge in [0.25, 0.3) is 11.4 Å². The van der Waals surface area contributed by atoms with E-state index in [1.807, 2.05) is 4.90 Å². The molecule has 11 heteroatoms. The van der Waals surface area contributed by atoms with Crippen LogP contribution in [0.2, 0.25) is 0 Å². The summed E-state index contributed by atoms with van der Waals surface area (Å²) in [5, 5.41) is 22.7. The summed E-state index contributed by atoms with van der Waals surface area (Å²) in [6.07, 6.45) is 0.997. The molecule has 2 aromatic carbocycles. The van der Waals surface area contributed by atoms with E-state index in [-0.39, 0.29) is 16.3 Å². The summed E-state index contributed by atoms with van der Waals surface area (Å²) in [5.41, 5.74) is 0.579. The molecule has 1 saturated heterocycles. The Morgan fingerprint density at radius 2 is 1.32 bits per heavy atom. The Morgan fingerprint density at radius 1 is 0.821 bits per heavy atom. The number of nitro groups is 2. The minimum Gasteiger partial charge on any atom is -0.362 e. The van der Waals surface area contributed by atoms with Crippen LogP contribution in [0.15, 0.2) is 47.4 Å². The molecule has 3 rings (SSSR count). The molecule has 2 aromatic rings. The second kappa shape index (κ2) is 7.43. The summed E-state index contributed by atoms with van der Waals surface area (Å²) < 4.78 is 23.4. The minimum absolute atomic E-state index is 0.0134. The lowest BCUT2D eigenvalue weighted by molar-refractivity contribution is -0.384. The molecule has 1 aliphatic heterocycles. The fourth-order valence-electron chi connectivity index (χ4n) is 3.22. The SMILES string of the molecule is CS(=O)(=O)c1ccc(N2CCN(c3ccccc3[N+](=O)[O-])CC2)c([N+](=O)[O-])c1. The number of hydrogen-bond acceptors (Lipinski definition) is 8. The predicted molar refractivity (Wildman–Crippen MR) is 104 cm³/mol. The van der Waals surface area contributed by atoms with Crippen molar-refractivity contribution in [3.63, 3.8) is 0 Å². The molecule has 28 heavy (non-hydrogen) atoms. The standard InChI is InChI=1S/C17H18N4O6S/c1-28(26,27)13-6-7-15(17(12-13)21(24)25)19-10-8-18(9-11-19)14-4-2-3-5-16(14)20(22)23/h2-7,12H,8-11H2,1H3. The van der Waals surface area contributed by atoms with Crippen molar-refractivity contribution in [2.45, 2.75) is 4.90 Å². The molecule has 1 aliphatic rings. The van der Waals surface area contributed by atoms with Gasteiger partial charge in [-0.3, -0.25) is 20.2 Å². The minimum atomic E-state index is -3.56. The van der Waals surface area contributed by atoms with Gasteiger partial charge in [-0.05, 0) is 18.2 Å². The monoisotopic (exact) mass is 406 g/mol. The zero-order valence-corrected chi connectivity index (χ0v) is 15.8. The van der Waals surface area contributed by atoms with E-state index in [0.29, 0.717) is 37.6 Å². The van der Waals surface area contributed by atoms with Gasteiger partial charge in [-0.2, -0.15) is 0 Å². The lowest BCUT2D eigenvalue weighted by Gasteiger charge is -2.36. The summed E-state index contributed by atoms with van der Waals surface area (Å²) in [7, 11) is -3.56. The zero-order valence-electron chi connectivity index (χ0n) is 15.0. The lowest BCUT2D eigenvalue weighted by atomic mass is 10.2. The molecule has 0 aromatic heterocycles. The topological polar surface area (TPSA) is 127 Å². The average Bonchev–Trinajstić information content (AvgIpc) is 2.67. The molecule has 0 saturated carbocycles. The average molecular weight is 406 g/mol. The predicted octanol–water partition coefficient (Wildman–Crippen LogP) is 2.23. The molecular formula is C17H18N4O6S. The van der Waals surface area contributed by atoms with E-state index in [1.165, 1.54) is 18.2 Å². The second-order valence-electron chi connectivity index (χ2n) is 6.40. The molecule has 148 valence electrons. The third kappa shape index (κ3) is 3.88. The van der Waals surface area contributed by atoms with Crippen molar-refractivity contribution in [2.24, 2.45) is 0 Å². The number of benzene rings is 2. The number of nitrogens with zero attached hydrogens (tertiary/aromatic N) is 4. The summed E-state index contributed by atoms with van der Waals surface area (Å²) >= 11 is 0. The second-order valence-corrected chi connectivity index (χ2v) is 8.42. The fourth-order valence-corrected chi connectivity index (χ4v) is 3.86. The van der Waals surface area contributed by atoms with Crippen LogP contribution in [0.5, 0.6) is 0 Å². The molecule has 0 unspecified atom stereocenters. The number of nitro benzene ring substituents is 2. The van der Waals surface area contributed by atoms with E-state index in [2.05, 4.69) is 0 Å². The van der Waals surface area contributed by atoms with Crippen LogP contribution in [0, 0.1) is 20.2 Å². The first-order valence-electron chi connectivity index (χ1n) is 8.40. The Bertz CT molecular complexity index is 1030. The highest BCUT2D eigenvalue weighted by atomic mass is 32.2. The van der Waals surface area contributed by atoms with Gasteiger partial charge in [0.15, 0.2) is 9.84 Å². The number of anilines is 2. The van der Waals surface area contributed by atoms with Gasteiger partial charge in [0.2, 0.25) is 0 Å². The van der Waals surface area contributed by atoms with E-state index in [1.54, 1.807) is 23.1 Å². The lowest BCUT2D eigenvalue weighted by Crippen LogP contribution is -2.46. The van der Waals surface area contributed by atoms with Crippen LogP contribution in [0.3, 0.4) is 0 Å². The molecule has 0 atom stereocenters. The molecule has 0 N–H and O–H groups in total. The normalized spacial score (nSPS) is 14.8. The number of para-hydroxylation sites is 2. The van der Waals surface area contributed by atoms with Crippen LogP contribution in [0.1, 0.15) is 0 Å². The van der Waals surface area contributed by atoms with Crippen molar-refractivity contribution < 1.29 is 18.3 Å². The van der Waals surface area contributed by atoms with Crippen LogP contribution in [0.4, 0.5) is 22.7 Å². The summed E-state index contributed by atoms with van der Waals surface area (Å²) in [5.74, 6) is 0. The van der Waals surface area contributed by atoms with Gasteiger partial charge in [0.05, 0.1) is 14.7 Å². The highest BCUT2D eigenvalue weighted by molar-refractivity contribution is 7.90. The first kappa shape index (κ1) is 19.5. The fraction of sp³-hybridized carbons (Fsp3) is 0.294. The van der Waals surface area contributed by atoms with Crippen LogP contribution < -0.4 is 9.80 Å². The molecular weight excluding hydrogens is 388 g/mol. The molecule has 0 radical (unpaired) electrons. The highest BCUT2D eigenvalue weighted by Gasteiger charge is 2.27. The third-order valence-corrected chi connectivity index (χ3v) is 5.72. The van der Waals surface area contributed by atoms with Crippen molar-refractivity contribution in [2.75, 3.05) is 42.2 Å². The van der Waals surface area contributed by atoms with Crippen molar-refractivity contribution >= 4 is 32.6 Å². The van der Waals surface area contributed by atoms with Crippen LogP contribution >= 0.6 is 0 Å². The van der Waals surface area contributed by atoms with Crippen LogP contribution in [-0.4, -0.2) is 50.7 Å². The molecule has 1 fully saturated rings. The van der Waals surface area contributed by atoms with E-state index >= 15 is 0 Å². The van der Waals surface area contributed by atoms with Gasteiger partial charge in [-0.1, -0.05) is 12.1 Å². The Morgan fingerprint density at radius 3 is 1.82 bits per heavy atom. The maximum atomic E-state index is 11.7. The van der Waals surface area contributed by atoms with Gasteiger partial charge in [-0.15, -0.1) is 0 Å². The number of piperazine rings is 1. The van der Waals surface area contributed by atoms with Gasteiger partial charge in [0, 0.05) is 44.6 Å². The van der Waals surface area contributed by atoms with Crippen LogP contribution in [0.25, 0.3) is 0 Å². The van der Waals surface area contributed by atoms with Crippen molar-refractivity contribution in [1.29, 1.82) is 0 Å². The first-order chi connectivity index (χ1) is 13.2. The Labute approximate surface area is 161 Å². The molecule has 10 nitrogen and oxygen atoms in total. The molecule has 0 aliphatic carbocycles. The van der Waals surface area contributed by atoms with E-state index in [9.17, 15) is 28.6 Å². The van der Waals surface area contributed by atoms with Gasteiger partial charge in [-0.25, -0.2) is 8.42 Å². The zero-order chi connectivity index (χ0) is 20.5. The highest BCUT2D eigenvalue weighted by Crippen LogP contribution is 2.33. The molecule has 0 bridgehead atoms. The van der Waals surface area contributed by atoms with Crippen molar-refractivity contribution in [3.05, 3.63) is 62.7 Å². The molecule has 0 spiro atoms. The smallest absolute Gasteiger partial charge is 0.293 e. The maximum absolute atomic E-state index is 11.7. The largest absolute Gasteiger partial charge is 0.362 e. The maximum Gasteiger partial charge on any atom is 0.293 e. The van der Waals surface area contributed by atoms with Crippen molar-refractivity contribution in [3.8, 4) is 0 Å². The Kier molecular flexibility index (Phi) is 5.18. The third-order valence-electron chi connectivity index (χ3n) is 4.61. The number of hydrogen-bond donors (Lipinski definition) is 0. The molecule has 1 heterocycles. The molecule has 0 amide bonds. The van der Waals surface area contributed by atoms with E-state index < -0.39 is 19.7 Å².